The van der Waals surface area contributed by atoms with Gasteiger partial charge in [-0.25, -0.2) is 0 Å². The molecule has 19 heavy (non-hydrogen) atoms. The maximum Gasteiger partial charge on any atom is 0.0175 e. The number of benzene rings is 1. The highest BCUT2D eigenvalue weighted by Gasteiger charge is 2.39. The average molecular weight is 324 g/mol. The third-order valence-electron chi connectivity index (χ3n) is 4.85. The number of halogens is 1. The van der Waals surface area contributed by atoms with E-state index in [-0.39, 0.29) is 0 Å². The van der Waals surface area contributed by atoms with E-state index in [0.717, 1.165) is 13.0 Å². The normalized spacial score (nSPS) is 19.5. The molecule has 0 heterocycles. The Bertz CT molecular complexity index is 379. The lowest BCUT2D eigenvalue weighted by atomic mass is 9.74. The van der Waals surface area contributed by atoms with E-state index in [4.69, 9.17) is 0 Å². The molecule has 1 fully saturated rings. The minimum atomic E-state index is 0.531. The molecule has 2 heteroatoms. The molecule has 106 valence electrons. The van der Waals surface area contributed by atoms with E-state index in [1.165, 1.54) is 42.1 Å². The lowest BCUT2D eigenvalue weighted by Crippen LogP contribution is -2.45. The number of likely N-dealkylation sites (N-methyl/N-ethyl adjacent to an activating group) is 1. The Kier molecular flexibility index (Phi) is 5.47. The molecule has 0 aromatic heterocycles. The second-order valence-corrected chi connectivity index (χ2v) is 6.78. The van der Waals surface area contributed by atoms with Gasteiger partial charge in [-0.05, 0) is 55.3 Å². The molecule has 0 amide bonds. The van der Waals surface area contributed by atoms with Crippen molar-refractivity contribution in [1.29, 1.82) is 0 Å². The van der Waals surface area contributed by atoms with Crippen molar-refractivity contribution in [2.75, 3.05) is 6.54 Å². The number of nitrogens with one attached hydrogen (secondary N) is 1. The molecule has 0 spiro atoms. The van der Waals surface area contributed by atoms with Crippen LogP contribution in [0.2, 0.25) is 0 Å². The summed E-state index contributed by atoms with van der Waals surface area (Å²) in [6.45, 7) is 5.67. The van der Waals surface area contributed by atoms with Gasteiger partial charge in [-0.15, -0.1) is 0 Å². The fourth-order valence-electron chi connectivity index (χ4n) is 3.64. The SMILES string of the molecule is CCNC(Cc1ccc(Br)cc1)C1(CC)CCCC1. The minimum Gasteiger partial charge on any atom is -0.313 e. The van der Waals surface area contributed by atoms with E-state index in [0.29, 0.717) is 11.5 Å². The molecular weight excluding hydrogens is 298 g/mol. The molecule has 1 aliphatic rings. The van der Waals surface area contributed by atoms with Crippen LogP contribution in [0.1, 0.15) is 51.5 Å². The summed E-state index contributed by atoms with van der Waals surface area (Å²) in [7, 11) is 0. The zero-order valence-electron chi connectivity index (χ0n) is 12.2. The summed E-state index contributed by atoms with van der Waals surface area (Å²) in [6, 6.07) is 9.46. The van der Waals surface area contributed by atoms with E-state index in [9.17, 15) is 0 Å². The van der Waals surface area contributed by atoms with E-state index >= 15 is 0 Å². The summed E-state index contributed by atoms with van der Waals surface area (Å²) in [4.78, 5) is 0. The van der Waals surface area contributed by atoms with Crippen molar-refractivity contribution in [1.82, 2.24) is 5.32 Å². The Morgan fingerprint density at radius 3 is 2.32 bits per heavy atom. The van der Waals surface area contributed by atoms with Crippen molar-refractivity contribution in [3.8, 4) is 0 Å². The Labute approximate surface area is 126 Å². The lowest BCUT2D eigenvalue weighted by molar-refractivity contribution is 0.186. The van der Waals surface area contributed by atoms with Crippen molar-refractivity contribution in [3.63, 3.8) is 0 Å². The topological polar surface area (TPSA) is 12.0 Å². The van der Waals surface area contributed by atoms with Gasteiger partial charge in [-0.3, -0.25) is 0 Å². The highest BCUT2D eigenvalue weighted by atomic mass is 79.9. The first-order valence-electron chi connectivity index (χ1n) is 7.68. The Balaban J connectivity index is 2.13. The molecule has 1 unspecified atom stereocenters. The average Bonchev–Trinajstić information content (AvgIpc) is 2.91. The summed E-state index contributed by atoms with van der Waals surface area (Å²) in [5.74, 6) is 0. The second-order valence-electron chi connectivity index (χ2n) is 5.86. The van der Waals surface area contributed by atoms with Crippen LogP contribution in [0.25, 0.3) is 0 Å². The predicted molar refractivity (Wildman–Crippen MR) is 86.5 cm³/mol. The van der Waals surface area contributed by atoms with Gasteiger partial charge in [0.1, 0.15) is 0 Å². The van der Waals surface area contributed by atoms with Crippen molar-refractivity contribution < 1.29 is 0 Å². The van der Waals surface area contributed by atoms with Crippen molar-refractivity contribution in [2.45, 2.75) is 58.4 Å². The highest BCUT2D eigenvalue weighted by Crippen LogP contribution is 2.44. The van der Waals surface area contributed by atoms with Gasteiger partial charge < -0.3 is 5.32 Å². The summed E-state index contributed by atoms with van der Waals surface area (Å²) in [6.07, 6.45) is 8.09. The standard InChI is InChI=1S/C17H26BrN/c1-3-17(11-5-6-12-17)16(19-4-2)13-14-7-9-15(18)10-8-14/h7-10,16,19H,3-6,11-13H2,1-2H3. The summed E-state index contributed by atoms with van der Waals surface area (Å²) < 4.78 is 1.17. The number of hydrogen-bond acceptors (Lipinski definition) is 1. The maximum atomic E-state index is 3.77. The Morgan fingerprint density at radius 1 is 1.16 bits per heavy atom. The van der Waals surface area contributed by atoms with Crippen LogP contribution in [0.4, 0.5) is 0 Å². The molecule has 1 aromatic carbocycles. The van der Waals surface area contributed by atoms with Crippen LogP contribution in [0.3, 0.4) is 0 Å². The van der Waals surface area contributed by atoms with Gasteiger partial charge in [0.25, 0.3) is 0 Å². The van der Waals surface area contributed by atoms with Crippen LogP contribution in [0.15, 0.2) is 28.7 Å². The molecule has 1 aromatic rings. The van der Waals surface area contributed by atoms with E-state index in [1.807, 2.05) is 0 Å². The van der Waals surface area contributed by atoms with Gasteiger partial charge in [0.05, 0.1) is 0 Å². The van der Waals surface area contributed by atoms with Crippen molar-refractivity contribution in [3.05, 3.63) is 34.3 Å². The smallest absolute Gasteiger partial charge is 0.0175 e. The van der Waals surface area contributed by atoms with Gasteiger partial charge in [-0.1, -0.05) is 54.8 Å². The van der Waals surface area contributed by atoms with Gasteiger partial charge >= 0.3 is 0 Å². The monoisotopic (exact) mass is 323 g/mol. The molecule has 1 nitrogen and oxygen atoms in total. The minimum absolute atomic E-state index is 0.531. The van der Waals surface area contributed by atoms with Crippen LogP contribution in [0.5, 0.6) is 0 Å². The van der Waals surface area contributed by atoms with E-state index in [2.05, 4.69) is 59.4 Å². The first-order chi connectivity index (χ1) is 9.20. The largest absolute Gasteiger partial charge is 0.313 e. The molecule has 0 aliphatic heterocycles. The van der Waals surface area contributed by atoms with Crippen LogP contribution in [-0.2, 0) is 6.42 Å². The Morgan fingerprint density at radius 2 is 1.79 bits per heavy atom. The van der Waals surface area contributed by atoms with Crippen LogP contribution >= 0.6 is 15.9 Å². The summed E-state index contributed by atoms with van der Waals surface area (Å²) in [5.41, 5.74) is 1.98. The van der Waals surface area contributed by atoms with Gasteiger partial charge in [-0.2, -0.15) is 0 Å². The predicted octanol–water partition coefficient (Wildman–Crippen LogP) is 4.94. The molecule has 0 radical (unpaired) electrons. The molecule has 2 rings (SSSR count). The lowest BCUT2D eigenvalue weighted by Gasteiger charge is -2.38. The highest BCUT2D eigenvalue weighted by molar-refractivity contribution is 9.10. The van der Waals surface area contributed by atoms with E-state index in [1.54, 1.807) is 0 Å². The van der Waals surface area contributed by atoms with Crippen LogP contribution in [0, 0.1) is 5.41 Å². The molecule has 1 atom stereocenters. The van der Waals surface area contributed by atoms with Crippen molar-refractivity contribution in [2.24, 2.45) is 5.41 Å². The van der Waals surface area contributed by atoms with Crippen molar-refractivity contribution >= 4 is 15.9 Å². The van der Waals surface area contributed by atoms with Crippen LogP contribution < -0.4 is 5.32 Å². The van der Waals surface area contributed by atoms with Gasteiger partial charge in [0.2, 0.25) is 0 Å². The molecular formula is C17H26BrN. The second kappa shape index (κ2) is 6.90. The third kappa shape index (κ3) is 3.61. The first kappa shape index (κ1) is 15.1. The molecule has 1 N–H and O–H groups in total. The van der Waals surface area contributed by atoms with Gasteiger partial charge in [0.15, 0.2) is 0 Å². The third-order valence-corrected chi connectivity index (χ3v) is 5.37. The number of hydrogen-bond donors (Lipinski definition) is 1. The molecule has 0 saturated heterocycles. The summed E-state index contributed by atoms with van der Waals surface area (Å²) >= 11 is 3.52. The quantitative estimate of drug-likeness (QED) is 0.781. The van der Waals surface area contributed by atoms with E-state index < -0.39 is 0 Å². The molecule has 0 bridgehead atoms. The fraction of sp³-hybridized carbons (Fsp3) is 0.647. The zero-order chi connectivity index (χ0) is 13.7. The van der Waals surface area contributed by atoms with Crippen LogP contribution in [-0.4, -0.2) is 12.6 Å². The number of rotatable bonds is 6. The maximum absolute atomic E-state index is 3.77. The first-order valence-corrected chi connectivity index (χ1v) is 8.47. The van der Waals surface area contributed by atoms with Gasteiger partial charge in [0, 0.05) is 10.5 Å². The zero-order valence-corrected chi connectivity index (χ0v) is 13.8. The molecule has 1 saturated carbocycles. The molecule has 1 aliphatic carbocycles. The fourth-order valence-corrected chi connectivity index (χ4v) is 3.90. The Hall–Kier alpha value is -0.340. The summed E-state index contributed by atoms with van der Waals surface area (Å²) in [5, 5.41) is 3.77.